The van der Waals surface area contributed by atoms with Gasteiger partial charge in [0.1, 0.15) is 11.9 Å². The number of amides is 2. The maximum Gasteiger partial charge on any atom is 0.307 e. The van der Waals surface area contributed by atoms with Crippen molar-refractivity contribution < 1.29 is 24.2 Å². The molecule has 0 bridgehead atoms. The zero-order valence-electron chi connectivity index (χ0n) is 25.3. The van der Waals surface area contributed by atoms with E-state index in [1.54, 1.807) is 11.3 Å². The van der Waals surface area contributed by atoms with E-state index >= 15 is 0 Å². The lowest BCUT2D eigenvalue weighted by Gasteiger charge is -2.43. The first kappa shape index (κ1) is 30.2. The molecule has 0 spiro atoms. The fourth-order valence-corrected chi connectivity index (χ4v) is 8.95. The smallest absolute Gasteiger partial charge is 0.307 e. The van der Waals surface area contributed by atoms with Crippen molar-refractivity contribution in [3.8, 4) is 5.75 Å². The van der Waals surface area contributed by atoms with Crippen LogP contribution in [0.1, 0.15) is 70.1 Å². The van der Waals surface area contributed by atoms with E-state index in [2.05, 4.69) is 32.7 Å². The van der Waals surface area contributed by atoms with Gasteiger partial charge < -0.3 is 24.5 Å². The summed E-state index contributed by atoms with van der Waals surface area (Å²) in [6, 6.07) is 11.2. The van der Waals surface area contributed by atoms with E-state index in [0.29, 0.717) is 51.0 Å². The fraction of sp³-hybridized carbons (Fsp3) is 0.471. The SMILES string of the molecule is Cc1cnc(N2CCC(Oc3ccc(Br)c4c3[C@@H](CN3Cc5ccccc5C3=O)N(C(=O)C3CCCC[C@H]3C(=O)O)CC4)C2)s1. The summed E-state index contributed by atoms with van der Waals surface area (Å²) in [5, 5.41) is 11.0. The zero-order valence-corrected chi connectivity index (χ0v) is 27.7. The molecule has 236 valence electrons. The molecule has 4 atom stereocenters. The molecule has 3 aliphatic heterocycles. The number of carbonyl (C=O) groups excluding carboxylic acids is 2. The molecule has 1 aromatic heterocycles. The molecule has 1 N–H and O–H groups in total. The summed E-state index contributed by atoms with van der Waals surface area (Å²) >= 11 is 5.46. The molecule has 9 nitrogen and oxygen atoms in total. The highest BCUT2D eigenvalue weighted by Crippen LogP contribution is 2.44. The van der Waals surface area contributed by atoms with Crippen LogP contribution in [0.4, 0.5) is 5.13 Å². The topological polar surface area (TPSA) is 103 Å². The lowest BCUT2D eigenvalue weighted by molar-refractivity contribution is -0.153. The Hall–Kier alpha value is -3.44. The minimum Gasteiger partial charge on any atom is -0.488 e. The Labute approximate surface area is 275 Å². The predicted molar refractivity (Wildman–Crippen MR) is 175 cm³/mol. The number of rotatable bonds is 7. The van der Waals surface area contributed by atoms with Gasteiger partial charge in [-0.3, -0.25) is 14.4 Å². The predicted octanol–water partition coefficient (Wildman–Crippen LogP) is 5.84. The molecule has 45 heavy (non-hydrogen) atoms. The summed E-state index contributed by atoms with van der Waals surface area (Å²) < 4.78 is 7.73. The maximum absolute atomic E-state index is 14.4. The maximum atomic E-state index is 14.4. The zero-order chi connectivity index (χ0) is 31.2. The number of carboxylic acid groups (broad SMARTS) is 1. The highest BCUT2D eigenvalue weighted by molar-refractivity contribution is 9.10. The van der Waals surface area contributed by atoms with Crippen LogP contribution in [-0.2, 0) is 22.6 Å². The van der Waals surface area contributed by atoms with Gasteiger partial charge in [0, 0.05) is 59.3 Å². The number of anilines is 1. The number of hydrogen-bond acceptors (Lipinski definition) is 7. The third kappa shape index (κ3) is 5.73. The van der Waals surface area contributed by atoms with Gasteiger partial charge >= 0.3 is 5.97 Å². The Balaban J connectivity index is 1.23. The molecule has 2 amide bonds. The van der Waals surface area contributed by atoms with Gasteiger partial charge in [-0.25, -0.2) is 4.98 Å². The molecular formula is C34H37BrN4O5S. The van der Waals surface area contributed by atoms with Crippen LogP contribution in [0.25, 0.3) is 0 Å². The molecule has 2 aromatic carbocycles. The standard InChI is InChI=1S/C34H37BrN4O5S/c1-20-16-36-34(45-20)37-14-12-22(18-37)44-29-11-10-27(35)26-13-15-39(32(41)24-8-4-5-9-25(24)33(42)43)28(30(26)29)19-38-17-21-6-2-3-7-23(21)31(38)40/h2-3,6-7,10-11,16,22,24-25,28H,4-5,8-9,12-15,17-19H2,1H3,(H,42,43)/t22?,24?,25-,28-/m1/s1. The average molecular weight is 694 g/mol. The number of thiazole rings is 1. The van der Waals surface area contributed by atoms with Crippen molar-refractivity contribution in [2.45, 2.75) is 64.1 Å². The largest absolute Gasteiger partial charge is 0.488 e. The minimum atomic E-state index is -0.903. The number of halogens is 1. The highest BCUT2D eigenvalue weighted by Gasteiger charge is 2.44. The molecule has 1 aliphatic carbocycles. The quantitative estimate of drug-likeness (QED) is 0.332. The fourth-order valence-electron chi connectivity index (χ4n) is 7.61. The van der Waals surface area contributed by atoms with E-state index in [-0.39, 0.29) is 17.9 Å². The van der Waals surface area contributed by atoms with Crippen LogP contribution in [0.15, 0.2) is 47.1 Å². The van der Waals surface area contributed by atoms with Crippen molar-refractivity contribution in [2.24, 2.45) is 11.8 Å². The lowest BCUT2D eigenvalue weighted by atomic mass is 9.77. The summed E-state index contributed by atoms with van der Waals surface area (Å²) in [5.41, 5.74) is 3.66. The first-order valence-electron chi connectivity index (χ1n) is 15.8. The van der Waals surface area contributed by atoms with Crippen LogP contribution in [0.2, 0.25) is 0 Å². The van der Waals surface area contributed by atoms with Crippen molar-refractivity contribution in [2.75, 3.05) is 31.1 Å². The van der Waals surface area contributed by atoms with Crippen LogP contribution in [0.5, 0.6) is 5.75 Å². The van der Waals surface area contributed by atoms with Gasteiger partial charge in [-0.1, -0.05) is 47.0 Å². The monoisotopic (exact) mass is 692 g/mol. The lowest BCUT2D eigenvalue weighted by Crippen LogP contribution is -2.50. The van der Waals surface area contributed by atoms with E-state index in [0.717, 1.165) is 57.9 Å². The molecule has 11 heteroatoms. The molecule has 4 aliphatic rings. The van der Waals surface area contributed by atoms with Gasteiger partial charge in [-0.15, -0.1) is 11.3 Å². The van der Waals surface area contributed by atoms with Gasteiger partial charge in [0.25, 0.3) is 5.91 Å². The Kier molecular flexibility index (Phi) is 8.33. The summed E-state index contributed by atoms with van der Waals surface area (Å²) in [7, 11) is 0. The molecule has 7 rings (SSSR count). The summed E-state index contributed by atoms with van der Waals surface area (Å²) in [5.74, 6) is -1.62. The minimum absolute atomic E-state index is 0.0474. The van der Waals surface area contributed by atoms with Crippen molar-refractivity contribution in [1.29, 1.82) is 0 Å². The second kappa shape index (κ2) is 12.4. The normalized spacial score (nSPS) is 24.5. The summed E-state index contributed by atoms with van der Waals surface area (Å²) in [6.45, 7) is 4.85. The molecule has 1 saturated heterocycles. The Bertz CT molecular complexity index is 1640. The summed E-state index contributed by atoms with van der Waals surface area (Å²) in [6.07, 6.45) is 6.03. The van der Waals surface area contributed by atoms with Crippen molar-refractivity contribution in [3.05, 3.63) is 74.2 Å². The molecule has 2 fully saturated rings. The van der Waals surface area contributed by atoms with E-state index in [1.165, 1.54) is 4.88 Å². The molecule has 2 unspecified atom stereocenters. The molecule has 0 radical (unpaired) electrons. The number of ether oxygens (including phenoxy) is 1. The number of aryl methyl sites for hydroxylation is 1. The first-order valence-corrected chi connectivity index (χ1v) is 17.4. The third-order valence-corrected chi connectivity index (χ3v) is 11.6. The Morgan fingerprint density at radius 3 is 2.64 bits per heavy atom. The van der Waals surface area contributed by atoms with Gasteiger partial charge in [0.2, 0.25) is 5.91 Å². The number of benzene rings is 2. The number of fused-ring (bicyclic) bond motifs is 2. The third-order valence-electron chi connectivity index (χ3n) is 9.86. The second-order valence-corrected chi connectivity index (χ2v) is 14.7. The van der Waals surface area contributed by atoms with Gasteiger partial charge in [-0.05, 0) is 55.5 Å². The Morgan fingerprint density at radius 1 is 1.09 bits per heavy atom. The van der Waals surface area contributed by atoms with Crippen LogP contribution in [0.3, 0.4) is 0 Å². The average Bonchev–Trinajstić information content (AvgIpc) is 3.77. The van der Waals surface area contributed by atoms with Crippen LogP contribution < -0.4 is 9.64 Å². The number of carbonyl (C=O) groups is 3. The molecule has 4 heterocycles. The number of carboxylic acids is 1. The first-order chi connectivity index (χ1) is 21.8. The van der Waals surface area contributed by atoms with E-state index in [9.17, 15) is 19.5 Å². The molecule has 3 aromatic rings. The second-order valence-electron chi connectivity index (χ2n) is 12.6. The van der Waals surface area contributed by atoms with Crippen molar-refractivity contribution in [1.82, 2.24) is 14.8 Å². The van der Waals surface area contributed by atoms with E-state index in [4.69, 9.17) is 4.74 Å². The van der Waals surface area contributed by atoms with Crippen molar-refractivity contribution in [3.63, 3.8) is 0 Å². The van der Waals surface area contributed by atoms with Crippen molar-refractivity contribution >= 4 is 50.2 Å². The van der Waals surface area contributed by atoms with Gasteiger partial charge in [0.15, 0.2) is 5.13 Å². The number of aromatic nitrogens is 1. The highest BCUT2D eigenvalue weighted by atomic mass is 79.9. The summed E-state index contributed by atoms with van der Waals surface area (Å²) in [4.78, 5) is 51.9. The number of aliphatic carboxylic acids is 1. The molecular weight excluding hydrogens is 656 g/mol. The number of nitrogens with zero attached hydrogens (tertiary/aromatic N) is 4. The van der Waals surface area contributed by atoms with Crippen LogP contribution in [-0.4, -0.2) is 70.0 Å². The van der Waals surface area contributed by atoms with E-state index in [1.807, 2.05) is 52.4 Å². The Morgan fingerprint density at radius 2 is 1.89 bits per heavy atom. The van der Waals surface area contributed by atoms with Gasteiger partial charge in [0.05, 0.1) is 24.4 Å². The number of hydrogen-bond donors (Lipinski definition) is 1. The molecule has 1 saturated carbocycles. The van der Waals surface area contributed by atoms with E-state index < -0.39 is 23.8 Å². The van der Waals surface area contributed by atoms with Gasteiger partial charge in [-0.2, -0.15) is 0 Å². The van der Waals surface area contributed by atoms with Crippen LogP contribution in [0, 0.1) is 18.8 Å². The van der Waals surface area contributed by atoms with Crippen LogP contribution >= 0.6 is 27.3 Å².